The standard InChI is InChI=1S/C14H21F3N2O4/c1-2-10(11-4-3-5-23-11)18-13(22)19-6-8(12(20)21)9(7-19)14(15,16)17/h8-11H,2-7H2,1H3,(H,18,22)(H,20,21)/t8-,9-,10?,11?/m1/s1. The third-order valence-corrected chi connectivity index (χ3v) is 4.51. The second kappa shape index (κ2) is 6.94. The first kappa shape index (κ1) is 17.8. The highest BCUT2D eigenvalue weighted by Crippen LogP contribution is 2.37. The van der Waals surface area contributed by atoms with E-state index >= 15 is 0 Å². The van der Waals surface area contributed by atoms with Crippen LogP contribution in [-0.4, -0.2) is 60.0 Å². The van der Waals surface area contributed by atoms with Crippen LogP contribution >= 0.6 is 0 Å². The number of carbonyl (C=O) groups is 2. The topological polar surface area (TPSA) is 78.9 Å². The van der Waals surface area contributed by atoms with Gasteiger partial charge in [0.05, 0.1) is 24.0 Å². The van der Waals surface area contributed by atoms with Crippen LogP contribution in [0.5, 0.6) is 0 Å². The molecule has 2 aliphatic heterocycles. The van der Waals surface area contributed by atoms with Crippen molar-refractivity contribution in [1.29, 1.82) is 0 Å². The highest BCUT2D eigenvalue weighted by Gasteiger charge is 2.53. The Morgan fingerprint density at radius 2 is 2.09 bits per heavy atom. The van der Waals surface area contributed by atoms with E-state index in [-0.39, 0.29) is 12.1 Å². The molecule has 2 unspecified atom stereocenters. The molecule has 2 saturated heterocycles. The number of likely N-dealkylation sites (tertiary alicyclic amines) is 1. The number of alkyl halides is 3. The van der Waals surface area contributed by atoms with Gasteiger partial charge >= 0.3 is 18.2 Å². The molecule has 0 aromatic heterocycles. The molecule has 0 bridgehead atoms. The Hall–Kier alpha value is -1.51. The number of aliphatic carboxylic acids is 1. The predicted molar refractivity (Wildman–Crippen MR) is 73.8 cm³/mol. The highest BCUT2D eigenvalue weighted by molar-refractivity contribution is 5.78. The van der Waals surface area contributed by atoms with Crippen molar-refractivity contribution in [3.63, 3.8) is 0 Å². The van der Waals surface area contributed by atoms with Crippen LogP contribution < -0.4 is 5.32 Å². The zero-order chi connectivity index (χ0) is 17.2. The van der Waals surface area contributed by atoms with E-state index in [1.807, 2.05) is 6.92 Å². The third kappa shape index (κ3) is 4.07. The lowest BCUT2D eigenvalue weighted by molar-refractivity contribution is -0.187. The fourth-order valence-corrected chi connectivity index (χ4v) is 3.18. The van der Waals surface area contributed by atoms with Crippen molar-refractivity contribution in [2.24, 2.45) is 11.8 Å². The molecular weight excluding hydrogens is 317 g/mol. The number of hydrogen-bond acceptors (Lipinski definition) is 3. The van der Waals surface area contributed by atoms with Crippen molar-refractivity contribution in [2.75, 3.05) is 19.7 Å². The quantitative estimate of drug-likeness (QED) is 0.820. The van der Waals surface area contributed by atoms with Crippen LogP contribution in [0.4, 0.5) is 18.0 Å². The summed E-state index contributed by atoms with van der Waals surface area (Å²) < 4.78 is 44.3. The van der Waals surface area contributed by atoms with E-state index < -0.39 is 43.1 Å². The van der Waals surface area contributed by atoms with E-state index in [0.29, 0.717) is 13.0 Å². The van der Waals surface area contributed by atoms with Gasteiger partial charge in [0, 0.05) is 19.7 Å². The maximum atomic E-state index is 12.9. The summed E-state index contributed by atoms with van der Waals surface area (Å²) in [5.74, 6) is -5.19. The third-order valence-electron chi connectivity index (χ3n) is 4.51. The van der Waals surface area contributed by atoms with Gasteiger partial charge in [0.2, 0.25) is 0 Å². The van der Waals surface area contributed by atoms with Crippen LogP contribution in [0.1, 0.15) is 26.2 Å². The Labute approximate surface area is 132 Å². The van der Waals surface area contributed by atoms with Gasteiger partial charge in [0.15, 0.2) is 0 Å². The SMILES string of the molecule is CCC(NC(=O)N1C[C@@H](C(F)(F)F)[C@H](C(=O)O)C1)C1CCCO1. The zero-order valence-electron chi connectivity index (χ0n) is 12.8. The number of carboxylic acids is 1. The largest absolute Gasteiger partial charge is 0.481 e. The van der Waals surface area contributed by atoms with E-state index in [2.05, 4.69) is 5.32 Å². The molecule has 2 rings (SSSR count). The summed E-state index contributed by atoms with van der Waals surface area (Å²) in [5.41, 5.74) is 0. The van der Waals surface area contributed by atoms with Gasteiger partial charge in [-0.2, -0.15) is 13.2 Å². The van der Waals surface area contributed by atoms with Crippen LogP contribution in [0.15, 0.2) is 0 Å². The number of amides is 2. The summed E-state index contributed by atoms with van der Waals surface area (Å²) in [6, 6.07) is -0.941. The molecule has 0 radical (unpaired) electrons. The number of urea groups is 1. The maximum absolute atomic E-state index is 12.9. The molecule has 0 aromatic carbocycles. The van der Waals surface area contributed by atoms with Crippen LogP contribution in [0.25, 0.3) is 0 Å². The van der Waals surface area contributed by atoms with E-state index in [9.17, 15) is 22.8 Å². The molecule has 23 heavy (non-hydrogen) atoms. The van der Waals surface area contributed by atoms with Gasteiger partial charge < -0.3 is 20.1 Å². The normalized spacial score (nSPS) is 29.6. The Kier molecular flexibility index (Phi) is 5.38. The first-order valence-electron chi connectivity index (χ1n) is 7.70. The van der Waals surface area contributed by atoms with Crippen LogP contribution in [0, 0.1) is 11.8 Å². The van der Waals surface area contributed by atoms with Crippen molar-refractivity contribution < 1.29 is 32.6 Å². The first-order valence-corrected chi connectivity index (χ1v) is 7.70. The molecule has 0 spiro atoms. The van der Waals surface area contributed by atoms with Gasteiger partial charge in [-0.3, -0.25) is 4.79 Å². The second-order valence-corrected chi connectivity index (χ2v) is 6.01. The van der Waals surface area contributed by atoms with Crippen LogP contribution in [0.3, 0.4) is 0 Å². The Morgan fingerprint density at radius 3 is 2.52 bits per heavy atom. The minimum absolute atomic E-state index is 0.139. The molecule has 6 nitrogen and oxygen atoms in total. The fraction of sp³-hybridized carbons (Fsp3) is 0.857. The molecule has 2 heterocycles. The van der Waals surface area contributed by atoms with Gasteiger partial charge in [-0.15, -0.1) is 0 Å². The number of rotatable bonds is 4. The van der Waals surface area contributed by atoms with Crippen molar-refractivity contribution in [3.8, 4) is 0 Å². The summed E-state index contributed by atoms with van der Waals surface area (Å²) in [4.78, 5) is 24.2. The lowest BCUT2D eigenvalue weighted by atomic mass is 9.96. The number of halogens is 3. The Morgan fingerprint density at radius 1 is 1.39 bits per heavy atom. The van der Waals surface area contributed by atoms with E-state index in [1.165, 1.54) is 0 Å². The van der Waals surface area contributed by atoms with E-state index in [4.69, 9.17) is 9.84 Å². The molecule has 0 saturated carbocycles. The Bertz CT molecular complexity index is 452. The minimum Gasteiger partial charge on any atom is -0.481 e. The molecular formula is C14H21F3N2O4. The monoisotopic (exact) mass is 338 g/mol. The maximum Gasteiger partial charge on any atom is 0.394 e. The lowest BCUT2D eigenvalue weighted by Crippen LogP contribution is -2.48. The lowest BCUT2D eigenvalue weighted by Gasteiger charge is -2.26. The molecule has 2 aliphatic rings. The molecule has 2 fully saturated rings. The Balaban J connectivity index is 2.00. The summed E-state index contributed by atoms with van der Waals surface area (Å²) in [6.07, 6.45) is -2.51. The van der Waals surface area contributed by atoms with Gasteiger partial charge in [-0.05, 0) is 19.3 Å². The minimum atomic E-state index is -4.64. The van der Waals surface area contributed by atoms with Crippen molar-refractivity contribution in [1.82, 2.24) is 10.2 Å². The predicted octanol–water partition coefficient (Wildman–Crippen LogP) is 1.85. The average Bonchev–Trinajstić information content (AvgIpc) is 3.12. The molecule has 4 atom stereocenters. The van der Waals surface area contributed by atoms with Gasteiger partial charge in [-0.1, -0.05) is 6.92 Å². The van der Waals surface area contributed by atoms with E-state index in [0.717, 1.165) is 17.7 Å². The zero-order valence-corrected chi connectivity index (χ0v) is 12.8. The first-order chi connectivity index (χ1) is 10.7. The fourth-order valence-electron chi connectivity index (χ4n) is 3.18. The molecule has 2 N–H and O–H groups in total. The molecule has 0 aromatic rings. The van der Waals surface area contributed by atoms with E-state index in [1.54, 1.807) is 0 Å². The number of hydrogen-bond donors (Lipinski definition) is 2. The molecule has 0 aliphatic carbocycles. The summed E-state index contributed by atoms with van der Waals surface area (Å²) in [7, 11) is 0. The number of ether oxygens (including phenoxy) is 1. The van der Waals surface area contributed by atoms with Gasteiger partial charge in [-0.25, -0.2) is 4.79 Å². The molecule has 9 heteroatoms. The van der Waals surface area contributed by atoms with Crippen LogP contribution in [-0.2, 0) is 9.53 Å². The average molecular weight is 338 g/mol. The highest BCUT2D eigenvalue weighted by atomic mass is 19.4. The van der Waals surface area contributed by atoms with Crippen molar-refractivity contribution in [3.05, 3.63) is 0 Å². The number of nitrogens with one attached hydrogen (secondary N) is 1. The second-order valence-electron chi connectivity index (χ2n) is 6.01. The van der Waals surface area contributed by atoms with Gasteiger partial charge in [0.1, 0.15) is 0 Å². The van der Waals surface area contributed by atoms with Crippen molar-refractivity contribution >= 4 is 12.0 Å². The number of carbonyl (C=O) groups excluding carboxylic acids is 1. The smallest absolute Gasteiger partial charge is 0.394 e. The summed E-state index contributed by atoms with van der Waals surface area (Å²) in [6.45, 7) is 1.40. The molecule has 2 amide bonds. The summed E-state index contributed by atoms with van der Waals surface area (Å²) >= 11 is 0. The van der Waals surface area contributed by atoms with Crippen LogP contribution in [0.2, 0.25) is 0 Å². The summed E-state index contributed by atoms with van der Waals surface area (Å²) in [5, 5.41) is 11.7. The van der Waals surface area contributed by atoms with Crippen molar-refractivity contribution in [2.45, 2.75) is 44.5 Å². The molecule has 132 valence electrons. The number of carboxylic acid groups (broad SMARTS) is 1. The number of nitrogens with zero attached hydrogens (tertiary/aromatic N) is 1. The van der Waals surface area contributed by atoms with Gasteiger partial charge in [0.25, 0.3) is 0 Å².